The molecule has 23 heavy (non-hydrogen) atoms. The van der Waals surface area contributed by atoms with Crippen LogP contribution in [0.2, 0.25) is 5.02 Å². The van der Waals surface area contributed by atoms with Gasteiger partial charge in [0, 0.05) is 17.5 Å². The van der Waals surface area contributed by atoms with Crippen molar-refractivity contribution in [2.24, 2.45) is 0 Å². The zero-order chi connectivity index (χ0) is 16.4. The molecule has 124 valence electrons. The molecule has 1 aliphatic rings. The first kappa shape index (κ1) is 16.3. The molecular formula is C15H15ClF3N3O. The van der Waals surface area contributed by atoms with E-state index in [1.54, 1.807) is 0 Å². The van der Waals surface area contributed by atoms with Gasteiger partial charge in [-0.25, -0.2) is 0 Å². The maximum Gasteiger partial charge on any atom is 0.470 e. The normalized spacial score (nSPS) is 17.6. The number of hydrogen-bond acceptors (Lipinski definition) is 4. The SMILES string of the molecule is FC(F)(F)c1nnc(C2CCN(Cc3cccc(Cl)c3)CC2)o1. The van der Waals surface area contributed by atoms with Crippen LogP contribution in [0.15, 0.2) is 28.7 Å². The van der Waals surface area contributed by atoms with Crippen LogP contribution in [0.1, 0.15) is 36.1 Å². The molecule has 2 heterocycles. The van der Waals surface area contributed by atoms with Crippen molar-refractivity contribution in [1.29, 1.82) is 0 Å². The van der Waals surface area contributed by atoms with Gasteiger partial charge in [-0.1, -0.05) is 23.7 Å². The molecule has 1 saturated heterocycles. The van der Waals surface area contributed by atoms with Crippen LogP contribution < -0.4 is 0 Å². The fourth-order valence-corrected chi connectivity index (χ4v) is 2.96. The molecule has 0 atom stereocenters. The van der Waals surface area contributed by atoms with Crippen molar-refractivity contribution in [2.75, 3.05) is 13.1 Å². The molecule has 0 spiro atoms. The van der Waals surface area contributed by atoms with Gasteiger partial charge in [0.05, 0.1) is 0 Å². The van der Waals surface area contributed by atoms with Crippen LogP contribution in [0.3, 0.4) is 0 Å². The van der Waals surface area contributed by atoms with Crippen LogP contribution >= 0.6 is 11.6 Å². The van der Waals surface area contributed by atoms with Gasteiger partial charge in [-0.15, -0.1) is 10.2 Å². The number of alkyl halides is 3. The molecule has 0 saturated carbocycles. The van der Waals surface area contributed by atoms with Crippen molar-refractivity contribution in [3.05, 3.63) is 46.6 Å². The van der Waals surface area contributed by atoms with E-state index in [0.29, 0.717) is 17.9 Å². The lowest BCUT2D eigenvalue weighted by molar-refractivity contribution is -0.157. The number of halogens is 4. The number of rotatable bonds is 3. The second-order valence-corrected chi connectivity index (χ2v) is 6.06. The molecule has 0 radical (unpaired) electrons. The third-order valence-corrected chi connectivity index (χ3v) is 4.15. The zero-order valence-electron chi connectivity index (χ0n) is 12.2. The van der Waals surface area contributed by atoms with Gasteiger partial charge in [0.15, 0.2) is 0 Å². The Balaban J connectivity index is 1.57. The highest BCUT2D eigenvalue weighted by Gasteiger charge is 2.39. The number of likely N-dealkylation sites (tertiary alicyclic amines) is 1. The molecule has 8 heteroatoms. The summed E-state index contributed by atoms with van der Waals surface area (Å²) in [7, 11) is 0. The van der Waals surface area contributed by atoms with Crippen LogP contribution in [0, 0.1) is 0 Å². The van der Waals surface area contributed by atoms with E-state index in [4.69, 9.17) is 16.0 Å². The minimum Gasteiger partial charge on any atom is -0.417 e. The first-order chi connectivity index (χ1) is 10.9. The molecule has 1 fully saturated rings. The van der Waals surface area contributed by atoms with Crippen molar-refractivity contribution in [1.82, 2.24) is 15.1 Å². The van der Waals surface area contributed by atoms with Crippen molar-refractivity contribution in [3.8, 4) is 0 Å². The van der Waals surface area contributed by atoms with E-state index < -0.39 is 12.1 Å². The molecule has 3 rings (SSSR count). The summed E-state index contributed by atoms with van der Waals surface area (Å²) in [5.41, 5.74) is 1.12. The summed E-state index contributed by atoms with van der Waals surface area (Å²) in [4.78, 5) is 2.24. The molecule has 0 N–H and O–H groups in total. The topological polar surface area (TPSA) is 42.2 Å². The summed E-state index contributed by atoms with van der Waals surface area (Å²) in [5.74, 6) is -1.30. The smallest absolute Gasteiger partial charge is 0.417 e. The number of aromatic nitrogens is 2. The second-order valence-electron chi connectivity index (χ2n) is 5.62. The summed E-state index contributed by atoms with van der Waals surface area (Å²) in [6.07, 6.45) is -3.20. The Morgan fingerprint density at radius 2 is 1.96 bits per heavy atom. The monoisotopic (exact) mass is 345 g/mol. The summed E-state index contributed by atoms with van der Waals surface area (Å²) in [6, 6.07) is 7.65. The highest BCUT2D eigenvalue weighted by atomic mass is 35.5. The maximum atomic E-state index is 12.5. The Hall–Kier alpha value is -1.60. The number of nitrogens with zero attached hydrogens (tertiary/aromatic N) is 3. The quantitative estimate of drug-likeness (QED) is 0.839. The van der Waals surface area contributed by atoms with E-state index in [1.165, 1.54) is 0 Å². The summed E-state index contributed by atoms with van der Waals surface area (Å²) >= 11 is 5.97. The molecule has 1 aromatic heterocycles. The standard InChI is InChI=1S/C15H15ClF3N3O/c16-12-3-1-2-10(8-12)9-22-6-4-11(5-7-22)13-20-21-14(23-13)15(17,18)19/h1-3,8,11H,4-7,9H2. The van der Waals surface area contributed by atoms with E-state index in [0.717, 1.165) is 25.2 Å². The van der Waals surface area contributed by atoms with E-state index >= 15 is 0 Å². The van der Waals surface area contributed by atoms with Gasteiger partial charge in [0.1, 0.15) is 0 Å². The number of piperidine rings is 1. The molecule has 1 aromatic carbocycles. The molecule has 2 aromatic rings. The molecule has 0 bridgehead atoms. The fraction of sp³-hybridized carbons (Fsp3) is 0.467. The Bertz CT molecular complexity index is 666. The van der Waals surface area contributed by atoms with Gasteiger partial charge in [-0.2, -0.15) is 13.2 Å². The van der Waals surface area contributed by atoms with Crippen LogP contribution in [0.4, 0.5) is 13.2 Å². The van der Waals surface area contributed by atoms with Crippen LogP contribution in [-0.2, 0) is 12.7 Å². The molecule has 0 unspecified atom stereocenters. The molecule has 4 nitrogen and oxygen atoms in total. The van der Waals surface area contributed by atoms with E-state index in [-0.39, 0.29) is 11.8 Å². The number of benzene rings is 1. The highest BCUT2D eigenvalue weighted by molar-refractivity contribution is 6.30. The molecule has 1 aliphatic heterocycles. The number of hydrogen-bond donors (Lipinski definition) is 0. The van der Waals surface area contributed by atoms with E-state index in [9.17, 15) is 13.2 Å². The van der Waals surface area contributed by atoms with Crippen molar-refractivity contribution < 1.29 is 17.6 Å². The lowest BCUT2D eigenvalue weighted by atomic mass is 9.96. The van der Waals surface area contributed by atoms with Crippen molar-refractivity contribution in [2.45, 2.75) is 31.5 Å². The predicted octanol–water partition coefficient (Wildman–Crippen LogP) is 4.12. The maximum absolute atomic E-state index is 12.5. The summed E-state index contributed by atoms with van der Waals surface area (Å²) in [6.45, 7) is 2.30. The first-order valence-corrected chi connectivity index (χ1v) is 7.67. The van der Waals surface area contributed by atoms with Gasteiger partial charge < -0.3 is 4.42 Å². The van der Waals surface area contributed by atoms with Gasteiger partial charge in [-0.05, 0) is 43.6 Å². The van der Waals surface area contributed by atoms with Gasteiger partial charge in [0.25, 0.3) is 0 Å². The third kappa shape index (κ3) is 4.03. The van der Waals surface area contributed by atoms with Gasteiger partial charge in [-0.3, -0.25) is 4.90 Å². The Labute approximate surface area is 136 Å². The minimum absolute atomic E-state index is 0.0831. The highest BCUT2D eigenvalue weighted by Crippen LogP contribution is 2.32. The predicted molar refractivity (Wildman–Crippen MR) is 78.0 cm³/mol. The molecular weight excluding hydrogens is 331 g/mol. The largest absolute Gasteiger partial charge is 0.470 e. The third-order valence-electron chi connectivity index (χ3n) is 3.92. The summed E-state index contributed by atoms with van der Waals surface area (Å²) < 4.78 is 42.2. The summed E-state index contributed by atoms with van der Waals surface area (Å²) in [5, 5.41) is 7.34. The Kier molecular flexibility index (Phi) is 4.59. The first-order valence-electron chi connectivity index (χ1n) is 7.29. The van der Waals surface area contributed by atoms with E-state index in [2.05, 4.69) is 15.1 Å². The van der Waals surface area contributed by atoms with Crippen LogP contribution in [0.25, 0.3) is 0 Å². The zero-order valence-corrected chi connectivity index (χ0v) is 12.9. The second kappa shape index (κ2) is 6.49. The van der Waals surface area contributed by atoms with Gasteiger partial charge in [0.2, 0.25) is 5.89 Å². The van der Waals surface area contributed by atoms with Gasteiger partial charge >= 0.3 is 12.1 Å². The van der Waals surface area contributed by atoms with Crippen LogP contribution in [0.5, 0.6) is 0 Å². The van der Waals surface area contributed by atoms with E-state index in [1.807, 2.05) is 24.3 Å². The van der Waals surface area contributed by atoms with Crippen LogP contribution in [-0.4, -0.2) is 28.2 Å². The minimum atomic E-state index is -4.58. The fourth-order valence-electron chi connectivity index (χ4n) is 2.75. The average molecular weight is 346 g/mol. The lowest BCUT2D eigenvalue weighted by Gasteiger charge is -2.30. The lowest BCUT2D eigenvalue weighted by Crippen LogP contribution is -2.32. The average Bonchev–Trinajstić information content (AvgIpc) is 2.98. The van der Waals surface area contributed by atoms with Crippen molar-refractivity contribution >= 4 is 11.6 Å². The molecule has 0 aliphatic carbocycles. The Morgan fingerprint density at radius 1 is 1.22 bits per heavy atom. The Morgan fingerprint density at radius 3 is 2.57 bits per heavy atom. The van der Waals surface area contributed by atoms with Crippen molar-refractivity contribution in [3.63, 3.8) is 0 Å². The molecule has 0 amide bonds.